The van der Waals surface area contributed by atoms with Crippen LogP contribution in [0.25, 0.3) is 11.6 Å². The van der Waals surface area contributed by atoms with Gasteiger partial charge in [0.2, 0.25) is 10.9 Å². The number of rotatable bonds is 5. The van der Waals surface area contributed by atoms with E-state index in [9.17, 15) is 4.79 Å². The lowest BCUT2D eigenvalue weighted by molar-refractivity contribution is 0.0563. The molecule has 3 aromatic heterocycles. The Hall–Kier alpha value is -2.48. The summed E-state index contributed by atoms with van der Waals surface area (Å²) in [5, 5.41) is 7.44. The Bertz CT molecular complexity index is 732. The summed E-state index contributed by atoms with van der Waals surface area (Å²) in [6.07, 6.45) is 1.57. The summed E-state index contributed by atoms with van der Waals surface area (Å²) in [6, 6.07) is 6.87. The van der Waals surface area contributed by atoms with E-state index in [0.717, 1.165) is 0 Å². The molecule has 7 nitrogen and oxygen atoms in total. The lowest BCUT2D eigenvalue weighted by Gasteiger charge is -1.94. The summed E-state index contributed by atoms with van der Waals surface area (Å²) >= 11 is 1.38. The number of H-pyrrole nitrogens is 1. The molecular weight excluding hydrogens is 294 g/mol. The lowest BCUT2D eigenvalue weighted by atomic mass is 10.4. The number of furan rings is 2. The Morgan fingerprint density at radius 1 is 1.43 bits per heavy atom. The second-order valence-corrected chi connectivity index (χ2v) is 4.93. The lowest BCUT2D eigenvalue weighted by Crippen LogP contribution is -1.98. The van der Waals surface area contributed by atoms with Gasteiger partial charge in [-0.15, -0.1) is 5.10 Å². The number of aromatic amines is 1. The predicted molar refractivity (Wildman–Crippen MR) is 73.7 cm³/mol. The molecule has 3 aromatic rings. The Morgan fingerprint density at radius 3 is 3.10 bits per heavy atom. The molecular formula is C13H11N3O4S. The molecule has 0 amide bonds. The van der Waals surface area contributed by atoms with Gasteiger partial charge in [0.15, 0.2) is 11.6 Å². The Morgan fingerprint density at radius 2 is 2.33 bits per heavy atom. The van der Waals surface area contributed by atoms with Crippen molar-refractivity contribution in [2.75, 3.05) is 7.11 Å². The number of hydrogen-bond acceptors (Lipinski definition) is 7. The van der Waals surface area contributed by atoms with E-state index in [1.165, 1.54) is 18.9 Å². The van der Waals surface area contributed by atoms with Gasteiger partial charge in [-0.3, -0.25) is 5.10 Å². The fraction of sp³-hybridized carbons (Fsp3) is 0.154. The van der Waals surface area contributed by atoms with E-state index in [-0.39, 0.29) is 5.76 Å². The summed E-state index contributed by atoms with van der Waals surface area (Å²) in [7, 11) is 1.31. The third-order valence-corrected chi connectivity index (χ3v) is 3.48. The molecule has 0 fully saturated rings. The molecule has 0 radical (unpaired) electrons. The molecule has 0 spiro atoms. The van der Waals surface area contributed by atoms with Crippen molar-refractivity contribution >= 4 is 17.7 Å². The van der Waals surface area contributed by atoms with E-state index in [4.69, 9.17) is 8.83 Å². The number of carbonyl (C=O) groups is 1. The average molecular weight is 305 g/mol. The number of esters is 1. The van der Waals surface area contributed by atoms with E-state index in [2.05, 4.69) is 19.9 Å². The van der Waals surface area contributed by atoms with Gasteiger partial charge in [-0.05, 0) is 24.3 Å². The van der Waals surface area contributed by atoms with Crippen LogP contribution in [0.5, 0.6) is 0 Å². The molecule has 21 heavy (non-hydrogen) atoms. The largest absolute Gasteiger partial charge is 0.463 e. The van der Waals surface area contributed by atoms with Gasteiger partial charge in [0.05, 0.1) is 19.1 Å². The van der Waals surface area contributed by atoms with Crippen molar-refractivity contribution in [1.82, 2.24) is 15.2 Å². The zero-order valence-electron chi connectivity index (χ0n) is 11.0. The van der Waals surface area contributed by atoms with Crippen LogP contribution in [0.2, 0.25) is 0 Å². The van der Waals surface area contributed by atoms with Crippen LogP contribution in [-0.4, -0.2) is 28.3 Å². The van der Waals surface area contributed by atoms with E-state index in [1.54, 1.807) is 30.5 Å². The van der Waals surface area contributed by atoms with Crippen LogP contribution in [0, 0.1) is 0 Å². The second-order valence-electron chi connectivity index (χ2n) is 3.99. The minimum absolute atomic E-state index is 0.180. The van der Waals surface area contributed by atoms with Crippen molar-refractivity contribution in [2.45, 2.75) is 10.9 Å². The summed E-state index contributed by atoms with van der Waals surface area (Å²) in [6.45, 7) is 0. The maximum Gasteiger partial charge on any atom is 0.373 e. The zero-order chi connectivity index (χ0) is 14.7. The van der Waals surface area contributed by atoms with Gasteiger partial charge in [-0.25, -0.2) is 4.79 Å². The third-order valence-electron chi connectivity index (χ3n) is 2.61. The maximum absolute atomic E-state index is 11.3. The quantitative estimate of drug-likeness (QED) is 0.572. The van der Waals surface area contributed by atoms with Crippen molar-refractivity contribution in [3.8, 4) is 11.6 Å². The monoisotopic (exact) mass is 305 g/mol. The van der Waals surface area contributed by atoms with Crippen LogP contribution in [0.1, 0.15) is 16.3 Å². The minimum Gasteiger partial charge on any atom is -0.463 e. The topological polar surface area (TPSA) is 94.2 Å². The van der Waals surface area contributed by atoms with Gasteiger partial charge in [-0.1, -0.05) is 11.8 Å². The molecule has 0 saturated heterocycles. The highest BCUT2D eigenvalue weighted by Crippen LogP contribution is 2.23. The number of nitrogens with one attached hydrogen (secondary N) is 1. The fourth-order valence-electron chi connectivity index (χ4n) is 1.64. The van der Waals surface area contributed by atoms with Crippen molar-refractivity contribution < 1.29 is 18.4 Å². The van der Waals surface area contributed by atoms with E-state index in [1.807, 2.05) is 0 Å². The molecule has 3 rings (SSSR count). The van der Waals surface area contributed by atoms with Crippen LogP contribution in [0.3, 0.4) is 0 Å². The molecule has 0 aliphatic rings. The number of methoxy groups -OCH3 is 1. The summed E-state index contributed by atoms with van der Waals surface area (Å²) in [4.78, 5) is 15.6. The van der Waals surface area contributed by atoms with Gasteiger partial charge >= 0.3 is 5.97 Å². The SMILES string of the molecule is COC(=O)c1ccc(CSc2n[nH]c(-c3ccco3)n2)o1. The molecule has 0 aromatic carbocycles. The van der Waals surface area contributed by atoms with Gasteiger partial charge < -0.3 is 13.6 Å². The Balaban J connectivity index is 1.63. The number of nitrogens with zero attached hydrogens (tertiary/aromatic N) is 2. The molecule has 0 unspecified atom stereocenters. The number of ether oxygens (including phenoxy) is 1. The van der Waals surface area contributed by atoms with Crippen LogP contribution in [0.4, 0.5) is 0 Å². The van der Waals surface area contributed by atoms with Crippen LogP contribution in [0.15, 0.2) is 44.5 Å². The van der Waals surface area contributed by atoms with Crippen LogP contribution < -0.4 is 0 Å². The smallest absolute Gasteiger partial charge is 0.373 e. The number of hydrogen-bond donors (Lipinski definition) is 1. The average Bonchev–Trinajstić information content (AvgIpc) is 3.23. The highest BCUT2D eigenvalue weighted by Gasteiger charge is 2.13. The highest BCUT2D eigenvalue weighted by atomic mass is 32.2. The predicted octanol–water partition coefficient (Wildman–Crippen LogP) is 2.74. The molecule has 8 heteroatoms. The molecule has 0 aliphatic carbocycles. The van der Waals surface area contributed by atoms with Gasteiger partial charge in [0.1, 0.15) is 5.76 Å². The number of thioether (sulfide) groups is 1. The normalized spacial score (nSPS) is 10.7. The van der Waals surface area contributed by atoms with E-state index >= 15 is 0 Å². The number of aromatic nitrogens is 3. The standard InChI is InChI=1S/C13H11N3O4S/c1-18-12(17)10-5-4-8(20-10)7-21-13-14-11(15-16-13)9-3-2-6-19-9/h2-6H,7H2,1H3,(H,14,15,16). The molecule has 0 bridgehead atoms. The molecule has 0 aliphatic heterocycles. The van der Waals surface area contributed by atoms with Gasteiger partial charge in [-0.2, -0.15) is 4.98 Å². The van der Waals surface area contributed by atoms with Crippen LogP contribution >= 0.6 is 11.8 Å². The molecule has 0 saturated carbocycles. The first-order valence-electron chi connectivity index (χ1n) is 6.02. The Labute approximate surface area is 123 Å². The number of carbonyl (C=O) groups excluding carboxylic acids is 1. The summed E-state index contributed by atoms with van der Waals surface area (Å²) in [5.41, 5.74) is 0. The zero-order valence-corrected chi connectivity index (χ0v) is 11.8. The highest BCUT2D eigenvalue weighted by molar-refractivity contribution is 7.98. The first-order chi connectivity index (χ1) is 10.3. The molecule has 0 atom stereocenters. The van der Waals surface area contributed by atoms with Crippen molar-refractivity contribution in [3.63, 3.8) is 0 Å². The first-order valence-corrected chi connectivity index (χ1v) is 7.01. The van der Waals surface area contributed by atoms with E-state index < -0.39 is 5.97 Å². The summed E-state index contributed by atoms with van der Waals surface area (Å²) in [5.74, 6) is 2.03. The Kier molecular flexibility index (Phi) is 3.78. The van der Waals surface area contributed by atoms with Crippen molar-refractivity contribution in [3.05, 3.63) is 42.0 Å². The maximum atomic E-state index is 11.3. The second kappa shape index (κ2) is 5.88. The minimum atomic E-state index is -0.496. The molecule has 108 valence electrons. The van der Waals surface area contributed by atoms with Crippen LogP contribution in [-0.2, 0) is 10.5 Å². The first kappa shape index (κ1) is 13.5. The molecule has 1 N–H and O–H groups in total. The van der Waals surface area contributed by atoms with Gasteiger partial charge in [0, 0.05) is 0 Å². The fourth-order valence-corrected chi connectivity index (χ4v) is 2.33. The van der Waals surface area contributed by atoms with E-state index in [0.29, 0.717) is 28.3 Å². The molecule has 3 heterocycles. The summed E-state index contributed by atoms with van der Waals surface area (Å²) < 4.78 is 15.2. The van der Waals surface area contributed by atoms with Crippen molar-refractivity contribution in [1.29, 1.82) is 0 Å². The third kappa shape index (κ3) is 3.00. The van der Waals surface area contributed by atoms with Crippen molar-refractivity contribution in [2.24, 2.45) is 0 Å². The van der Waals surface area contributed by atoms with Gasteiger partial charge in [0.25, 0.3) is 0 Å².